The Kier molecular flexibility index (Phi) is 10.6. The molecule has 0 saturated heterocycles. The summed E-state index contributed by atoms with van der Waals surface area (Å²) in [5, 5.41) is 11.1. The van der Waals surface area contributed by atoms with Gasteiger partial charge in [-0.3, -0.25) is 0 Å². The van der Waals surface area contributed by atoms with Crippen molar-refractivity contribution in [3.8, 4) is 5.75 Å². The van der Waals surface area contributed by atoms with Crippen LogP contribution in [0.4, 0.5) is 0 Å². The number of hydrogen-bond acceptors (Lipinski definition) is 3. The number of benzene rings is 1. The van der Waals surface area contributed by atoms with E-state index in [1.807, 2.05) is 0 Å². The van der Waals surface area contributed by atoms with Gasteiger partial charge in [0, 0.05) is 6.07 Å². The summed E-state index contributed by atoms with van der Waals surface area (Å²) < 4.78 is 5.01. The topological polar surface area (TPSA) is 53.8 Å². The van der Waals surface area contributed by atoms with Crippen molar-refractivity contribution in [1.82, 2.24) is 0 Å². The van der Waals surface area contributed by atoms with Crippen LogP contribution in [-0.4, -0.2) is 31.7 Å². The predicted molar refractivity (Wildman–Crippen MR) is 89.2 cm³/mol. The second-order valence-electron chi connectivity index (χ2n) is 4.59. The molecule has 1 aromatic rings. The minimum Gasteiger partial charge on any atom is -0.546 e. The van der Waals surface area contributed by atoms with E-state index in [-0.39, 0.29) is 20.8 Å². The molecule has 7 heteroatoms. The van der Waals surface area contributed by atoms with Crippen molar-refractivity contribution in [2.45, 2.75) is 33.8 Å². The maximum Gasteiger partial charge on any atom is 0.140 e. The monoisotopic (exact) mass is 369 g/mol. The lowest BCUT2D eigenvalue weighted by Gasteiger charge is -2.16. The van der Waals surface area contributed by atoms with Gasteiger partial charge in [-0.2, -0.15) is 0 Å². The van der Waals surface area contributed by atoms with Crippen LogP contribution in [0, 0.1) is 0 Å². The third kappa shape index (κ3) is 7.54. The molecule has 0 saturated carbocycles. The van der Waals surface area contributed by atoms with Crippen LogP contribution >= 0.6 is 34.8 Å². The quantitative estimate of drug-likeness (QED) is 0.780. The van der Waals surface area contributed by atoms with E-state index in [4.69, 9.17) is 39.5 Å². The molecule has 22 heavy (non-hydrogen) atoms. The Bertz CT molecular complexity index is 474. The fourth-order valence-electron chi connectivity index (χ4n) is 1.58. The molecule has 0 fully saturated rings. The molecule has 0 heterocycles. The fraction of sp³-hybridized carbons (Fsp3) is 0.533. The normalized spacial score (nSPS) is 11.6. The van der Waals surface area contributed by atoms with Gasteiger partial charge < -0.3 is 19.5 Å². The van der Waals surface area contributed by atoms with E-state index in [2.05, 4.69) is 20.8 Å². The number of nitrogens with one attached hydrogen (secondary N) is 1. The average Bonchev–Trinajstić information content (AvgIpc) is 2.47. The number of hydrogen-bond donors (Lipinski definition) is 1. The summed E-state index contributed by atoms with van der Waals surface area (Å²) in [6.07, 6.45) is -1.11. The highest BCUT2D eigenvalue weighted by Gasteiger charge is 2.11. The van der Waals surface area contributed by atoms with Crippen molar-refractivity contribution in [3.05, 3.63) is 27.2 Å². The van der Waals surface area contributed by atoms with Crippen LogP contribution < -0.4 is 14.7 Å². The summed E-state index contributed by atoms with van der Waals surface area (Å²) in [7, 11) is 0. The van der Waals surface area contributed by atoms with E-state index in [1.54, 1.807) is 4.90 Å². The van der Waals surface area contributed by atoms with Crippen LogP contribution in [-0.2, 0) is 4.79 Å². The molecular weight excluding hydrogens is 349 g/mol. The van der Waals surface area contributed by atoms with Crippen molar-refractivity contribution in [3.63, 3.8) is 0 Å². The molecule has 0 spiro atoms. The zero-order valence-corrected chi connectivity index (χ0v) is 15.5. The third-order valence-corrected chi connectivity index (χ3v) is 4.13. The van der Waals surface area contributed by atoms with Crippen LogP contribution in [0.1, 0.15) is 27.7 Å². The van der Waals surface area contributed by atoms with E-state index in [0.717, 1.165) is 0 Å². The average molecular weight is 371 g/mol. The second-order valence-corrected chi connectivity index (χ2v) is 5.81. The highest BCUT2D eigenvalue weighted by Crippen LogP contribution is 2.34. The summed E-state index contributed by atoms with van der Waals surface area (Å²) in [6, 6.07) is 2.73. The third-order valence-electron chi connectivity index (χ3n) is 3.11. The fourth-order valence-corrected chi connectivity index (χ4v) is 2.16. The number of carbonyl (C=O) groups excluding carboxylic acids is 1. The maximum atomic E-state index is 10.4. The molecule has 1 N–H and O–H groups in total. The Hall–Kier alpha value is -0.680. The summed E-state index contributed by atoms with van der Waals surface area (Å²) in [4.78, 5) is 12.1. The van der Waals surface area contributed by atoms with E-state index >= 15 is 0 Å². The summed E-state index contributed by atoms with van der Waals surface area (Å²) in [6.45, 7) is 11.8. The lowest BCUT2D eigenvalue weighted by atomic mass is 10.3. The summed E-state index contributed by atoms with van der Waals surface area (Å²) in [5.41, 5.74) is 0. The van der Waals surface area contributed by atoms with Crippen molar-refractivity contribution >= 4 is 40.8 Å². The molecule has 1 unspecified atom stereocenters. The molecule has 4 nitrogen and oxygen atoms in total. The van der Waals surface area contributed by atoms with Gasteiger partial charge in [0.15, 0.2) is 0 Å². The van der Waals surface area contributed by atoms with Crippen LogP contribution in [0.3, 0.4) is 0 Å². The first kappa shape index (κ1) is 21.3. The molecular formula is C15H22Cl3NO3. The molecule has 1 atom stereocenters. The highest BCUT2D eigenvalue weighted by atomic mass is 35.5. The van der Waals surface area contributed by atoms with Crippen molar-refractivity contribution in [2.75, 3.05) is 19.6 Å². The van der Waals surface area contributed by atoms with Crippen LogP contribution in [0.15, 0.2) is 12.1 Å². The van der Waals surface area contributed by atoms with E-state index in [9.17, 15) is 9.90 Å². The molecule has 1 aromatic carbocycles. The van der Waals surface area contributed by atoms with E-state index in [1.165, 1.54) is 38.7 Å². The lowest BCUT2D eigenvalue weighted by Crippen LogP contribution is -3.11. The Labute approximate surface area is 146 Å². The molecule has 0 bridgehead atoms. The van der Waals surface area contributed by atoms with Gasteiger partial charge in [-0.05, 0) is 33.8 Å². The van der Waals surface area contributed by atoms with Crippen LogP contribution in [0.5, 0.6) is 5.75 Å². The van der Waals surface area contributed by atoms with Gasteiger partial charge in [-0.1, -0.05) is 34.8 Å². The number of ether oxygens (including phenoxy) is 1. The van der Waals surface area contributed by atoms with Gasteiger partial charge >= 0.3 is 0 Å². The first-order valence-corrected chi connectivity index (χ1v) is 8.25. The Balaban J connectivity index is 0.000000534. The van der Waals surface area contributed by atoms with Gasteiger partial charge in [0.2, 0.25) is 0 Å². The largest absolute Gasteiger partial charge is 0.546 e. The van der Waals surface area contributed by atoms with Gasteiger partial charge in [0.05, 0.1) is 40.7 Å². The number of aliphatic carboxylic acids is 1. The first-order valence-electron chi connectivity index (χ1n) is 7.12. The number of halogens is 3. The molecule has 0 aliphatic heterocycles. The predicted octanol–water partition coefficient (Wildman–Crippen LogP) is 2.09. The van der Waals surface area contributed by atoms with Gasteiger partial charge in [0.1, 0.15) is 11.9 Å². The SMILES string of the molecule is CC(Oc1cc(Cl)c(Cl)cc1Cl)C(=O)[O-].CC[NH+](CC)CC. The van der Waals surface area contributed by atoms with Crippen LogP contribution in [0.2, 0.25) is 15.1 Å². The van der Waals surface area contributed by atoms with Crippen molar-refractivity contribution in [1.29, 1.82) is 0 Å². The second kappa shape index (κ2) is 10.9. The summed E-state index contributed by atoms with van der Waals surface area (Å²) >= 11 is 17.2. The summed E-state index contributed by atoms with van der Waals surface area (Å²) in [5.74, 6) is -1.18. The minimum atomic E-state index is -1.34. The van der Waals surface area contributed by atoms with Gasteiger partial charge in [-0.25, -0.2) is 0 Å². The maximum absolute atomic E-state index is 10.4. The Morgan fingerprint density at radius 2 is 1.55 bits per heavy atom. The zero-order valence-electron chi connectivity index (χ0n) is 13.2. The standard InChI is InChI=1S/C9H7Cl3O3.C6H15N/c1-4(9(13)14)15-8-3-6(11)5(10)2-7(8)12;1-4-7(5-2)6-3/h2-4H,1H3,(H,13,14);4-6H2,1-3H3. The molecule has 0 aromatic heterocycles. The number of quaternary nitrogens is 1. The van der Waals surface area contributed by atoms with Gasteiger partial charge in [-0.15, -0.1) is 0 Å². The van der Waals surface area contributed by atoms with Gasteiger partial charge in [0.25, 0.3) is 0 Å². The molecule has 0 amide bonds. The molecule has 1 rings (SSSR count). The molecule has 126 valence electrons. The molecule has 0 aliphatic rings. The smallest absolute Gasteiger partial charge is 0.140 e. The molecule has 0 radical (unpaired) electrons. The number of carboxylic acid groups (broad SMARTS) is 1. The molecule has 0 aliphatic carbocycles. The number of carbonyl (C=O) groups is 1. The first-order chi connectivity index (χ1) is 10.3. The minimum absolute atomic E-state index is 0.155. The number of rotatable bonds is 6. The van der Waals surface area contributed by atoms with Crippen LogP contribution in [0.25, 0.3) is 0 Å². The lowest BCUT2D eigenvalue weighted by molar-refractivity contribution is -0.894. The zero-order chi connectivity index (χ0) is 17.3. The van der Waals surface area contributed by atoms with E-state index in [0.29, 0.717) is 0 Å². The van der Waals surface area contributed by atoms with Crippen molar-refractivity contribution < 1.29 is 19.5 Å². The Morgan fingerprint density at radius 3 is 1.91 bits per heavy atom. The van der Waals surface area contributed by atoms with E-state index < -0.39 is 12.1 Å². The Morgan fingerprint density at radius 1 is 1.09 bits per heavy atom. The number of carboxylic acids is 1. The van der Waals surface area contributed by atoms with Crippen molar-refractivity contribution in [2.24, 2.45) is 0 Å². The highest BCUT2D eigenvalue weighted by molar-refractivity contribution is 6.43.